The van der Waals surface area contributed by atoms with Crippen LogP contribution in [0.25, 0.3) is 21.8 Å². The van der Waals surface area contributed by atoms with E-state index in [1.165, 1.54) is 0 Å². The first kappa shape index (κ1) is 8.17. The van der Waals surface area contributed by atoms with Crippen LogP contribution in [-0.4, -0.2) is 16.3 Å². The number of nitrogens with one attached hydrogen (secondary N) is 1. The summed E-state index contributed by atoms with van der Waals surface area (Å²) >= 11 is 0. The van der Waals surface area contributed by atoms with Gasteiger partial charge >= 0.3 is 0 Å². The molecular formula is C12H8N2O. The maximum Gasteiger partial charge on any atom is 0.185 e. The van der Waals surface area contributed by atoms with Gasteiger partial charge in [0.1, 0.15) is 0 Å². The average molecular weight is 196 g/mol. The first-order valence-electron chi connectivity index (χ1n) is 4.70. The minimum atomic E-state index is 0.375. The van der Waals surface area contributed by atoms with Crippen molar-refractivity contribution in [3.05, 3.63) is 42.2 Å². The number of imidazole rings is 1. The molecule has 0 saturated carbocycles. The fourth-order valence-corrected chi connectivity index (χ4v) is 1.77. The zero-order valence-corrected chi connectivity index (χ0v) is 7.90. The van der Waals surface area contributed by atoms with Crippen molar-refractivity contribution in [2.45, 2.75) is 0 Å². The van der Waals surface area contributed by atoms with Crippen LogP contribution in [0.4, 0.5) is 0 Å². The molecule has 15 heavy (non-hydrogen) atoms. The summed E-state index contributed by atoms with van der Waals surface area (Å²) in [6.45, 7) is 0. The van der Waals surface area contributed by atoms with E-state index in [1.54, 1.807) is 0 Å². The van der Waals surface area contributed by atoms with Crippen LogP contribution in [0.15, 0.2) is 36.4 Å². The van der Waals surface area contributed by atoms with Crippen molar-refractivity contribution in [3.8, 4) is 0 Å². The van der Waals surface area contributed by atoms with Crippen LogP contribution in [0, 0.1) is 0 Å². The van der Waals surface area contributed by atoms with E-state index in [0.717, 1.165) is 28.1 Å². The van der Waals surface area contributed by atoms with Gasteiger partial charge in [0.2, 0.25) is 0 Å². The molecule has 1 heterocycles. The van der Waals surface area contributed by atoms with E-state index in [2.05, 4.69) is 9.97 Å². The van der Waals surface area contributed by atoms with Crippen LogP contribution in [0.3, 0.4) is 0 Å². The number of aldehydes is 1. The summed E-state index contributed by atoms with van der Waals surface area (Å²) in [5.74, 6) is 0.375. The normalized spacial score (nSPS) is 10.9. The number of hydrogen-bond acceptors (Lipinski definition) is 2. The van der Waals surface area contributed by atoms with E-state index in [-0.39, 0.29) is 0 Å². The van der Waals surface area contributed by atoms with E-state index in [0.29, 0.717) is 5.82 Å². The maximum absolute atomic E-state index is 10.6. The largest absolute Gasteiger partial charge is 0.336 e. The molecule has 1 N–H and O–H groups in total. The number of carbonyl (C=O) groups excluding carboxylic acids is 1. The number of carbonyl (C=O) groups is 1. The molecule has 2 aromatic carbocycles. The summed E-state index contributed by atoms with van der Waals surface area (Å²) < 4.78 is 0. The standard InChI is InChI=1S/C12H8N2O/c15-7-12-13-10-5-8-3-1-2-4-9(8)6-11(10)14-12/h1-7H,(H,13,14). The molecule has 0 amide bonds. The summed E-state index contributed by atoms with van der Waals surface area (Å²) in [4.78, 5) is 17.7. The molecule has 3 heteroatoms. The van der Waals surface area contributed by atoms with Crippen LogP contribution < -0.4 is 0 Å². The van der Waals surface area contributed by atoms with Crippen LogP contribution in [0.1, 0.15) is 10.6 Å². The molecule has 0 fully saturated rings. The van der Waals surface area contributed by atoms with Crippen molar-refractivity contribution in [2.75, 3.05) is 0 Å². The second kappa shape index (κ2) is 2.92. The molecule has 1 aromatic heterocycles. The Morgan fingerprint density at radius 3 is 2.60 bits per heavy atom. The number of hydrogen-bond donors (Lipinski definition) is 1. The number of nitrogens with zero attached hydrogens (tertiary/aromatic N) is 1. The SMILES string of the molecule is O=Cc1nc2cc3ccccc3cc2[nH]1. The minimum absolute atomic E-state index is 0.375. The van der Waals surface area contributed by atoms with Crippen LogP contribution in [0.5, 0.6) is 0 Å². The second-order valence-corrected chi connectivity index (χ2v) is 3.46. The van der Waals surface area contributed by atoms with Crippen molar-refractivity contribution in [2.24, 2.45) is 0 Å². The van der Waals surface area contributed by atoms with Gasteiger partial charge in [0.05, 0.1) is 11.0 Å². The molecule has 0 spiro atoms. The first-order valence-corrected chi connectivity index (χ1v) is 4.70. The Balaban J connectivity index is 2.44. The maximum atomic E-state index is 10.6. The molecule has 0 radical (unpaired) electrons. The lowest BCUT2D eigenvalue weighted by molar-refractivity contribution is 0.111. The van der Waals surface area contributed by atoms with E-state index in [4.69, 9.17) is 0 Å². The number of fused-ring (bicyclic) bond motifs is 2. The van der Waals surface area contributed by atoms with Crippen LogP contribution in [0.2, 0.25) is 0 Å². The quantitative estimate of drug-likeness (QED) is 0.608. The predicted molar refractivity (Wildman–Crippen MR) is 59.0 cm³/mol. The lowest BCUT2D eigenvalue weighted by Gasteiger charge is -1.95. The molecule has 0 unspecified atom stereocenters. The number of aromatic amines is 1. The van der Waals surface area contributed by atoms with Crippen molar-refractivity contribution >= 4 is 28.1 Å². The predicted octanol–water partition coefficient (Wildman–Crippen LogP) is 2.53. The van der Waals surface area contributed by atoms with Gasteiger partial charge in [-0.2, -0.15) is 0 Å². The number of benzene rings is 2. The molecule has 0 aliphatic carbocycles. The Kier molecular flexibility index (Phi) is 1.59. The fraction of sp³-hybridized carbons (Fsp3) is 0. The van der Waals surface area contributed by atoms with E-state index in [1.807, 2.05) is 36.4 Å². The fourth-order valence-electron chi connectivity index (χ4n) is 1.77. The summed E-state index contributed by atoms with van der Waals surface area (Å²) in [5, 5.41) is 2.28. The Morgan fingerprint density at radius 1 is 1.13 bits per heavy atom. The Bertz CT molecular complexity index is 602. The summed E-state index contributed by atoms with van der Waals surface area (Å²) in [6.07, 6.45) is 0.727. The third kappa shape index (κ3) is 1.21. The Labute approximate surface area is 85.8 Å². The van der Waals surface area contributed by atoms with Crippen molar-refractivity contribution in [1.29, 1.82) is 0 Å². The number of rotatable bonds is 1. The van der Waals surface area contributed by atoms with Gasteiger partial charge < -0.3 is 4.98 Å². The second-order valence-electron chi connectivity index (χ2n) is 3.46. The molecule has 0 atom stereocenters. The molecule has 0 aliphatic rings. The van der Waals surface area contributed by atoms with Gasteiger partial charge in [-0.25, -0.2) is 4.98 Å². The average Bonchev–Trinajstić information content (AvgIpc) is 2.67. The highest BCUT2D eigenvalue weighted by molar-refractivity contribution is 5.96. The van der Waals surface area contributed by atoms with Crippen molar-refractivity contribution < 1.29 is 4.79 Å². The van der Waals surface area contributed by atoms with Crippen LogP contribution in [-0.2, 0) is 0 Å². The van der Waals surface area contributed by atoms with Crippen molar-refractivity contribution in [3.63, 3.8) is 0 Å². The minimum Gasteiger partial charge on any atom is -0.336 e. The highest BCUT2D eigenvalue weighted by Crippen LogP contribution is 2.20. The smallest absolute Gasteiger partial charge is 0.185 e. The molecule has 3 aromatic rings. The van der Waals surface area contributed by atoms with E-state index < -0.39 is 0 Å². The highest BCUT2D eigenvalue weighted by Gasteiger charge is 2.02. The lowest BCUT2D eigenvalue weighted by atomic mass is 10.1. The van der Waals surface area contributed by atoms with E-state index in [9.17, 15) is 4.79 Å². The molecule has 0 saturated heterocycles. The summed E-state index contributed by atoms with van der Waals surface area (Å²) in [7, 11) is 0. The number of H-pyrrole nitrogens is 1. The zero-order chi connectivity index (χ0) is 10.3. The third-order valence-electron chi connectivity index (χ3n) is 2.48. The van der Waals surface area contributed by atoms with Gasteiger partial charge in [0.25, 0.3) is 0 Å². The molecule has 72 valence electrons. The van der Waals surface area contributed by atoms with Gasteiger partial charge in [0.15, 0.2) is 12.1 Å². The van der Waals surface area contributed by atoms with Gasteiger partial charge in [0, 0.05) is 0 Å². The van der Waals surface area contributed by atoms with Gasteiger partial charge in [-0.1, -0.05) is 24.3 Å². The van der Waals surface area contributed by atoms with Gasteiger partial charge in [-0.3, -0.25) is 4.79 Å². The highest BCUT2D eigenvalue weighted by atomic mass is 16.1. The van der Waals surface area contributed by atoms with Gasteiger partial charge in [-0.15, -0.1) is 0 Å². The monoisotopic (exact) mass is 196 g/mol. The van der Waals surface area contributed by atoms with Crippen LogP contribution >= 0.6 is 0 Å². The lowest BCUT2D eigenvalue weighted by Crippen LogP contribution is -1.78. The first-order chi connectivity index (χ1) is 7.36. The van der Waals surface area contributed by atoms with Crippen molar-refractivity contribution in [1.82, 2.24) is 9.97 Å². The topological polar surface area (TPSA) is 45.8 Å². The Morgan fingerprint density at radius 2 is 1.87 bits per heavy atom. The summed E-state index contributed by atoms with van der Waals surface area (Å²) in [6, 6.07) is 12.0. The third-order valence-corrected chi connectivity index (χ3v) is 2.48. The molecule has 3 nitrogen and oxygen atoms in total. The molecular weight excluding hydrogens is 188 g/mol. The molecule has 0 aliphatic heterocycles. The Hall–Kier alpha value is -2.16. The summed E-state index contributed by atoms with van der Waals surface area (Å²) in [5.41, 5.74) is 1.73. The number of aromatic nitrogens is 2. The van der Waals surface area contributed by atoms with E-state index >= 15 is 0 Å². The zero-order valence-electron chi connectivity index (χ0n) is 7.90. The molecule has 0 bridgehead atoms. The van der Waals surface area contributed by atoms with Gasteiger partial charge in [-0.05, 0) is 22.9 Å². The molecule has 3 rings (SSSR count).